The Morgan fingerprint density at radius 1 is 1.30 bits per heavy atom. The number of carbonyl (C=O) groups excluding carboxylic acids is 1. The molecule has 0 spiro atoms. The van der Waals surface area contributed by atoms with Crippen LogP contribution >= 0.6 is 11.6 Å². The van der Waals surface area contributed by atoms with E-state index in [1.165, 1.54) is 31.4 Å². The summed E-state index contributed by atoms with van der Waals surface area (Å²) in [5.41, 5.74) is 0.642. The predicted molar refractivity (Wildman–Crippen MR) is 113 cm³/mol. The molecular weight excluding hydrogens is 411 g/mol. The number of carbonyl (C=O) groups is 1. The van der Waals surface area contributed by atoms with Crippen molar-refractivity contribution in [2.45, 2.75) is 0 Å². The van der Waals surface area contributed by atoms with Gasteiger partial charge in [-0.1, -0.05) is 24.2 Å². The maximum absolute atomic E-state index is 14.5. The summed E-state index contributed by atoms with van der Waals surface area (Å²) in [6.45, 7) is 5.88. The number of ether oxygens (including phenoxy) is 1. The van der Waals surface area contributed by atoms with Gasteiger partial charge in [0.2, 0.25) is 5.91 Å². The average molecular weight is 431 g/mol. The Morgan fingerprint density at radius 2 is 2.03 bits per heavy atom. The standard InChI is InChI=1S/C21H20ClFN4O3/c1-3-17(29)26-9-7-25(8-10-26)16-11-24-21-20(30-2)18(13(22)12-27(16)21)19-14(23)5-4-6-15(19)28/h3-6,11-12,28H,1,7-10H2,2H3. The predicted octanol–water partition coefficient (Wildman–Crippen LogP) is 3.34. The summed E-state index contributed by atoms with van der Waals surface area (Å²) in [6.07, 6.45) is 4.63. The number of methoxy groups -OCH3 is 1. The first-order chi connectivity index (χ1) is 14.5. The van der Waals surface area contributed by atoms with Crippen LogP contribution in [0.2, 0.25) is 5.02 Å². The van der Waals surface area contributed by atoms with Crippen LogP contribution in [0.4, 0.5) is 10.2 Å². The topological polar surface area (TPSA) is 70.3 Å². The average Bonchev–Trinajstić information content (AvgIpc) is 3.16. The third-order valence-corrected chi connectivity index (χ3v) is 5.51. The second-order valence-electron chi connectivity index (χ2n) is 6.85. The molecule has 1 aromatic carbocycles. The van der Waals surface area contributed by atoms with Crippen LogP contribution in [0, 0.1) is 5.82 Å². The molecule has 0 atom stereocenters. The summed E-state index contributed by atoms with van der Waals surface area (Å²) in [4.78, 5) is 20.1. The van der Waals surface area contributed by atoms with Gasteiger partial charge in [0.1, 0.15) is 17.4 Å². The number of phenols is 1. The first-order valence-electron chi connectivity index (χ1n) is 9.34. The SMILES string of the molecule is C=CC(=O)N1CCN(c2cnc3c(OC)c(-c4c(O)cccc4F)c(Cl)cn23)CC1. The molecule has 1 aliphatic heterocycles. The van der Waals surface area contributed by atoms with E-state index in [0.717, 1.165) is 5.82 Å². The number of hydrogen-bond donors (Lipinski definition) is 1. The molecule has 30 heavy (non-hydrogen) atoms. The number of nitrogens with zero attached hydrogens (tertiary/aromatic N) is 4. The number of benzene rings is 1. The van der Waals surface area contributed by atoms with Crippen LogP contribution in [-0.2, 0) is 4.79 Å². The molecule has 1 fully saturated rings. The summed E-state index contributed by atoms with van der Waals surface area (Å²) in [5, 5.41) is 10.4. The number of aromatic nitrogens is 2. The Hall–Kier alpha value is -3.26. The fourth-order valence-corrected chi connectivity index (χ4v) is 4.03. The maximum Gasteiger partial charge on any atom is 0.246 e. The molecule has 0 unspecified atom stereocenters. The summed E-state index contributed by atoms with van der Waals surface area (Å²) >= 11 is 6.53. The molecule has 0 radical (unpaired) electrons. The number of aromatic hydroxyl groups is 1. The van der Waals surface area contributed by atoms with Crippen LogP contribution < -0.4 is 9.64 Å². The lowest BCUT2D eigenvalue weighted by atomic mass is 10.0. The van der Waals surface area contributed by atoms with Gasteiger partial charge in [0.05, 0.1) is 29.5 Å². The molecule has 4 rings (SSSR count). The van der Waals surface area contributed by atoms with Crippen molar-refractivity contribution in [3.05, 3.63) is 54.1 Å². The van der Waals surface area contributed by atoms with Gasteiger partial charge in [0.25, 0.3) is 0 Å². The van der Waals surface area contributed by atoms with Gasteiger partial charge < -0.3 is 19.6 Å². The number of imidazole rings is 1. The van der Waals surface area contributed by atoms with Crippen LogP contribution in [0.1, 0.15) is 0 Å². The van der Waals surface area contributed by atoms with Gasteiger partial charge in [0.15, 0.2) is 11.4 Å². The molecular formula is C21H20ClFN4O3. The maximum atomic E-state index is 14.5. The summed E-state index contributed by atoms with van der Waals surface area (Å²) in [7, 11) is 1.45. The van der Waals surface area contributed by atoms with Gasteiger partial charge in [-0.2, -0.15) is 0 Å². The number of amides is 1. The molecule has 1 aliphatic rings. The van der Waals surface area contributed by atoms with Gasteiger partial charge in [-0.15, -0.1) is 0 Å². The zero-order valence-electron chi connectivity index (χ0n) is 16.3. The molecule has 1 saturated heterocycles. The van der Waals surface area contributed by atoms with Crippen LogP contribution in [0.25, 0.3) is 16.8 Å². The highest BCUT2D eigenvalue weighted by atomic mass is 35.5. The van der Waals surface area contributed by atoms with Crippen LogP contribution in [-0.4, -0.2) is 58.6 Å². The molecule has 0 bridgehead atoms. The molecule has 7 nitrogen and oxygen atoms in total. The number of hydrogen-bond acceptors (Lipinski definition) is 5. The monoisotopic (exact) mass is 430 g/mol. The van der Waals surface area contributed by atoms with Crippen molar-refractivity contribution < 1.29 is 19.0 Å². The van der Waals surface area contributed by atoms with Crippen molar-refractivity contribution in [2.75, 3.05) is 38.2 Å². The van der Waals surface area contributed by atoms with E-state index < -0.39 is 5.82 Å². The third kappa shape index (κ3) is 3.23. The van der Waals surface area contributed by atoms with E-state index in [2.05, 4.69) is 16.5 Å². The number of halogens is 2. The summed E-state index contributed by atoms with van der Waals surface area (Å²) in [5.74, 6) is 0.0883. The van der Waals surface area contributed by atoms with Gasteiger partial charge in [-0.05, 0) is 18.2 Å². The Kier molecular flexibility index (Phi) is 5.26. The highest BCUT2D eigenvalue weighted by molar-refractivity contribution is 6.34. The van der Waals surface area contributed by atoms with E-state index in [4.69, 9.17) is 16.3 Å². The molecule has 156 valence electrons. The molecule has 0 aliphatic carbocycles. The number of anilines is 1. The summed E-state index contributed by atoms with van der Waals surface area (Å²) < 4.78 is 21.8. The number of phenolic OH excluding ortho intramolecular Hbond substituents is 1. The van der Waals surface area contributed by atoms with Crippen molar-refractivity contribution >= 4 is 29.0 Å². The second kappa shape index (κ2) is 7.87. The Morgan fingerprint density at radius 3 is 2.67 bits per heavy atom. The minimum atomic E-state index is -0.616. The van der Waals surface area contributed by atoms with Crippen molar-refractivity contribution in [1.82, 2.24) is 14.3 Å². The number of fused-ring (bicyclic) bond motifs is 1. The van der Waals surface area contributed by atoms with Crippen molar-refractivity contribution in [1.29, 1.82) is 0 Å². The van der Waals surface area contributed by atoms with Gasteiger partial charge >= 0.3 is 0 Å². The first kappa shape index (κ1) is 20.0. The molecule has 3 heterocycles. The zero-order valence-corrected chi connectivity index (χ0v) is 17.1. The zero-order chi connectivity index (χ0) is 21.4. The van der Waals surface area contributed by atoms with Crippen LogP contribution in [0.15, 0.2) is 43.2 Å². The Bertz CT molecular complexity index is 1120. The Labute approximate surface area is 177 Å². The highest BCUT2D eigenvalue weighted by Crippen LogP contribution is 2.44. The normalized spacial score (nSPS) is 14.2. The molecule has 2 aromatic heterocycles. The lowest BCUT2D eigenvalue weighted by Gasteiger charge is -2.35. The van der Waals surface area contributed by atoms with Gasteiger partial charge in [0, 0.05) is 32.4 Å². The van der Waals surface area contributed by atoms with E-state index in [9.17, 15) is 14.3 Å². The lowest BCUT2D eigenvalue weighted by molar-refractivity contribution is -0.126. The van der Waals surface area contributed by atoms with Gasteiger partial charge in [-0.25, -0.2) is 9.37 Å². The number of piperazine rings is 1. The molecule has 3 aromatic rings. The minimum absolute atomic E-state index is 0.0389. The highest BCUT2D eigenvalue weighted by Gasteiger charge is 2.26. The fourth-order valence-electron chi connectivity index (χ4n) is 3.75. The fraction of sp³-hybridized carbons (Fsp3) is 0.238. The number of pyridine rings is 1. The van der Waals surface area contributed by atoms with Gasteiger partial charge in [-0.3, -0.25) is 9.20 Å². The molecule has 9 heteroatoms. The molecule has 1 N–H and O–H groups in total. The minimum Gasteiger partial charge on any atom is -0.507 e. The van der Waals surface area contributed by atoms with E-state index in [1.54, 1.807) is 21.7 Å². The van der Waals surface area contributed by atoms with E-state index in [0.29, 0.717) is 31.8 Å². The van der Waals surface area contributed by atoms with Crippen molar-refractivity contribution in [2.24, 2.45) is 0 Å². The van der Waals surface area contributed by atoms with Crippen molar-refractivity contribution in [3.8, 4) is 22.6 Å². The van der Waals surface area contributed by atoms with Crippen LogP contribution in [0.3, 0.4) is 0 Å². The van der Waals surface area contributed by atoms with E-state index in [1.807, 2.05) is 0 Å². The lowest BCUT2D eigenvalue weighted by Crippen LogP contribution is -2.48. The number of rotatable bonds is 4. The second-order valence-corrected chi connectivity index (χ2v) is 7.25. The van der Waals surface area contributed by atoms with E-state index >= 15 is 0 Å². The first-order valence-corrected chi connectivity index (χ1v) is 9.71. The smallest absolute Gasteiger partial charge is 0.246 e. The Balaban J connectivity index is 1.78. The third-order valence-electron chi connectivity index (χ3n) is 5.22. The quantitative estimate of drug-likeness (QED) is 0.643. The van der Waals surface area contributed by atoms with Crippen molar-refractivity contribution in [3.63, 3.8) is 0 Å². The summed E-state index contributed by atoms with van der Waals surface area (Å²) in [6, 6.07) is 4.05. The van der Waals surface area contributed by atoms with E-state index in [-0.39, 0.29) is 33.6 Å². The molecule has 1 amide bonds. The largest absolute Gasteiger partial charge is 0.507 e. The molecule has 0 saturated carbocycles. The van der Waals surface area contributed by atoms with Crippen LogP contribution in [0.5, 0.6) is 11.5 Å².